The molecule has 0 aliphatic heterocycles. The minimum atomic E-state index is 0.365. The predicted molar refractivity (Wildman–Crippen MR) is 78.1 cm³/mol. The molecule has 3 N–H and O–H groups in total. The fourth-order valence-electron chi connectivity index (χ4n) is 2.44. The van der Waals surface area contributed by atoms with Crippen LogP contribution in [0.5, 0.6) is 0 Å². The smallest absolute Gasteiger partial charge is 0.0770 e. The molecule has 0 radical (unpaired) electrons. The normalized spacial score (nSPS) is 11.3. The van der Waals surface area contributed by atoms with Gasteiger partial charge in [-0.3, -0.25) is 10.8 Å². The van der Waals surface area contributed by atoms with Crippen LogP contribution in [0.2, 0.25) is 5.02 Å². The lowest BCUT2D eigenvalue weighted by Gasteiger charge is -2.18. The molecule has 96 valence electrons. The van der Waals surface area contributed by atoms with Crippen molar-refractivity contribution in [2.75, 3.05) is 5.43 Å². The van der Waals surface area contributed by atoms with Crippen molar-refractivity contribution in [3.05, 3.63) is 34.0 Å². The van der Waals surface area contributed by atoms with E-state index in [2.05, 4.69) is 24.3 Å². The van der Waals surface area contributed by atoms with Crippen LogP contribution in [-0.4, -0.2) is 4.98 Å². The Labute approximate surface area is 112 Å². The summed E-state index contributed by atoms with van der Waals surface area (Å²) in [5.41, 5.74) is 7.83. The minimum Gasteiger partial charge on any atom is -0.323 e. The number of fused-ring (bicyclic) bond motifs is 1. The molecule has 1 aromatic heterocycles. The zero-order valence-electron chi connectivity index (χ0n) is 11.1. The van der Waals surface area contributed by atoms with E-state index in [4.69, 9.17) is 17.4 Å². The first-order valence-electron chi connectivity index (χ1n) is 6.03. The van der Waals surface area contributed by atoms with E-state index in [1.54, 1.807) is 0 Å². The molecule has 0 bridgehead atoms. The van der Waals surface area contributed by atoms with Gasteiger partial charge >= 0.3 is 0 Å². The lowest BCUT2D eigenvalue weighted by Crippen LogP contribution is -2.13. The summed E-state index contributed by atoms with van der Waals surface area (Å²) in [6.45, 7) is 8.27. The molecule has 1 heterocycles. The van der Waals surface area contributed by atoms with Gasteiger partial charge in [0.25, 0.3) is 0 Å². The molecule has 4 heteroatoms. The van der Waals surface area contributed by atoms with Gasteiger partial charge in [-0.25, -0.2) is 0 Å². The van der Waals surface area contributed by atoms with Crippen LogP contribution >= 0.6 is 11.6 Å². The Morgan fingerprint density at radius 3 is 2.50 bits per heavy atom. The van der Waals surface area contributed by atoms with Crippen LogP contribution < -0.4 is 11.3 Å². The largest absolute Gasteiger partial charge is 0.323 e. The molecular formula is C14H18ClN3. The molecule has 2 rings (SSSR count). The second kappa shape index (κ2) is 4.75. The van der Waals surface area contributed by atoms with E-state index in [1.807, 2.05) is 26.0 Å². The third-order valence-corrected chi connectivity index (χ3v) is 3.70. The van der Waals surface area contributed by atoms with Crippen LogP contribution in [0.15, 0.2) is 12.1 Å². The van der Waals surface area contributed by atoms with Gasteiger partial charge in [-0.2, -0.15) is 0 Å². The zero-order chi connectivity index (χ0) is 13.4. The highest BCUT2D eigenvalue weighted by atomic mass is 35.5. The Morgan fingerprint density at radius 2 is 1.94 bits per heavy atom. The number of anilines is 1. The molecule has 3 nitrogen and oxygen atoms in total. The molecule has 0 atom stereocenters. The molecule has 0 amide bonds. The molecule has 0 fully saturated rings. The van der Waals surface area contributed by atoms with Gasteiger partial charge in [-0.1, -0.05) is 25.4 Å². The van der Waals surface area contributed by atoms with Gasteiger partial charge in [0, 0.05) is 21.7 Å². The molecule has 0 saturated heterocycles. The van der Waals surface area contributed by atoms with Crippen LogP contribution in [0.4, 0.5) is 5.69 Å². The number of halogens is 1. The predicted octanol–water partition coefficient (Wildman–Crippen LogP) is 3.91. The number of nitrogen functional groups attached to an aromatic ring is 1. The molecule has 2 aromatic rings. The third kappa shape index (κ3) is 1.93. The van der Waals surface area contributed by atoms with Gasteiger partial charge in [0.1, 0.15) is 0 Å². The van der Waals surface area contributed by atoms with E-state index in [0.29, 0.717) is 5.92 Å². The summed E-state index contributed by atoms with van der Waals surface area (Å²) in [5.74, 6) is 6.07. The van der Waals surface area contributed by atoms with Gasteiger partial charge in [-0.05, 0) is 37.5 Å². The topological polar surface area (TPSA) is 50.9 Å². The average Bonchev–Trinajstić information content (AvgIpc) is 2.32. The number of benzene rings is 1. The minimum absolute atomic E-state index is 0.365. The molecule has 0 aliphatic carbocycles. The SMILES string of the molecule is Cc1nc2c(C)c(Cl)ccc2c(NN)c1C(C)C. The first-order chi connectivity index (χ1) is 8.47. The third-order valence-electron chi connectivity index (χ3n) is 3.29. The number of pyridine rings is 1. The van der Waals surface area contributed by atoms with E-state index in [0.717, 1.165) is 38.4 Å². The monoisotopic (exact) mass is 263 g/mol. The maximum atomic E-state index is 6.15. The van der Waals surface area contributed by atoms with E-state index in [-0.39, 0.29) is 0 Å². The van der Waals surface area contributed by atoms with E-state index in [1.165, 1.54) is 0 Å². The Kier molecular flexibility index (Phi) is 3.46. The van der Waals surface area contributed by atoms with Crippen molar-refractivity contribution in [3.8, 4) is 0 Å². The number of hydrogen-bond acceptors (Lipinski definition) is 3. The van der Waals surface area contributed by atoms with Gasteiger partial charge in [0.2, 0.25) is 0 Å². The molecule has 0 aliphatic rings. The lowest BCUT2D eigenvalue weighted by atomic mass is 9.96. The van der Waals surface area contributed by atoms with Gasteiger partial charge in [0.15, 0.2) is 0 Å². The Hall–Kier alpha value is -1.32. The van der Waals surface area contributed by atoms with Crippen LogP contribution in [-0.2, 0) is 0 Å². The maximum Gasteiger partial charge on any atom is 0.0770 e. The quantitative estimate of drug-likeness (QED) is 0.638. The Balaban J connectivity index is 2.93. The van der Waals surface area contributed by atoms with Gasteiger partial charge < -0.3 is 5.43 Å². The second-order valence-electron chi connectivity index (χ2n) is 4.85. The summed E-state index contributed by atoms with van der Waals surface area (Å²) in [6.07, 6.45) is 0. The molecular weight excluding hydrogens is 246 g/mol. The molecule has 0 saturated carbocycles. The van der Waals surface area contributed by atoms with Crippen molar-refractivity contribution in [2.24, 2.45) is 5.84 Å². The Bertz CT molecular complexity index is 606. The number of hydrogen-bond donors (Lipinski definition) is 2. The summed E-state index contributed by atoms with van der Waals surface area (Å²) in [6, 6.07) is 3.86. The number of nitrogens with zero attached hydrogens (tertiary/aromatic N) is 1. The molecule has 0 spiro atoms. The number of hydrazine groups is 1. The maximum absolute atomic E-state index is 6.15. The highest BCUT2D eigenvalue weighted by Crippen LogP contribution is 2.35. The number of aryl methyl sites for hydroxylation is 2. The molecule has 18 heavy (non-hydrogen) atoms. The van der Waals surface area contributed by atoms with Crippen LogP contribution in [0, 0.1) is 13.8 Å². The van der Waals surface area contributed by atoms with Crippen LogP contribution in [0.3, 0.4) is 0 Å². The number of rotatable bonds is 2. The fraction of sp³-hybridized carbons (Fsp3) is 0.357. The van der Waals surface area contributed by atoms with E-state index >= 15 is 0 Å². The fourth-order valence-corrected chi connectivity index (χ4v) is 2.59. The standard InChI is InChI=1S/C14H18ClN3/c1-7(2)12-9(4)17-13-8(3)11(15)6-5-10(13)14(12)18-16/h5-7H,16H2,1-4H3,(H,17,18). The summed E-state index contributed by atoms with van der Waals surface area (Å²) in [5, 5.41) is 1.75. The van der Waals surface area contributed by atoms with Crippen molar-refractivity contribution >= 4 is 28.2 Å². The molecule has 1 aromatic carbocycles. The van der Waals surface area contributed by atoms with Gasteiger partial charge in [-0.15, -0.1) is 0 Å². The summed E-state index contributed by atoms with van der Waals surface area (Å²) >= 11 is 6.15. The highest BCUT2D eigenvalue weighted by Gasteiger charge is 2.16. The Morgan fingerprint density at radius 1 is 1.28 bits per heavy atom. The lowest BCUT2D eigenvalue weighted by molar-refractivity contribution is 0.848. The van der Waals surface area contributed by atoms with Crippen LogP contribution in [0.1, 0.15) is 36.6 Å². The number of aromatic nitrogens is 1. The summed E-state index contributed by atoms with van der Waals surface area (Å²) in [4.78, 5) is 4.69. The van der Waals surface area contributed by atoms with Crippen molar-refractivity contribution in [1.82, 2.24) is 4.98 Å². The van der Waals surface area contributed by atoms with E-state index < -0.39 is 0 Å². The average molecular weight is 264 g/mol. The summed E-state index contributed by atoms with van der Waals surface area (Å²) < 4.78 is 0. The van der Waals surface area contributed by atoms with Crippen molar-refractivity contribution in [3.63, 3.8) is 0 Å². The zero-order valence-corrected chi connectivity index (χ0v) is 11.9. The second-order valence-corrected chi connectivity index (χ2v) is 5.26. The van der Waals surface area contributed by atoms with Crippen LogP contribution in [0.25, 0.3) is 10.9 Å². The van der Waals surface area contributed by atoms with Crippen molar-refractivity contribution < 1.29 is 0 Å². The number of nitrogens with one attached hydrogen (secondary N) is 1. The van der Waals surface area contributed by atoms with Crippen molar-refractivity contribution in [1.29, 1.82) is 0 Å². The first-order valence-corrected chi connectivity index (χ1v) is 6.41. The van der Waals surface area contributed by atoms with Gasteiger partial charge in [0.05, 0.1) is 11.2 Å². The first kappa shape index (κ1) is 13.1. The summed E-state index contributed by atoms with van der Waals surface area (Å²) in [7, 11) is 0. The highest BCUT2D eigenvalue weighted by molar-refractivity contribution is 6.32. The number of nitrogens with two attached hydrogens (primary N) is 1. The molecule has 0 unspecified atom stereocenters. The van der Waals surface area contributed by atoms with E-state index in [9.17, 15) is 0 Å². The van der Waals surface area contributed by atoms with Crippen molar-refractivity contribution in [2.45, 2.75) is 33.6 Å².